The van der Waals surface area contributed by atoms with Crippen molar-refractivity contribution in [2.45, 2.75) is 39.8 Å². The predicted molar refractivity (Wildman–Crippen MR) is 78.7 cm³/mol. The second kappa shape index (κ2) is 5.71. The lowest BCUT2D eigenvalue weighted by Gasteiger charge is -2.23. The van der Waals surface area contributed by atoms with Crippen LogP contribution in [0.15, 0.2) is 18.5 Å². The molecule has 1 atom stereocenters. The van der Waals surface area contributed by atoms with Gasteiger partial charge in [0.25, 0.3) is 0 Å². The Labute approximate surface area is 124 Å². The van der Waals surface area contributed by atoms with E-state index in [0.29, 0.717) is 19.0 Å². The normalized spacial score (nSPS) is 17.5. The van der Waals surface area contributed by atoms with Gasteiger partial charge in [0.05, 0.1) is 5.69 Å². The summed E-state index contributed by atoms with van der Waals surface area (Å²) in [6.45, 7) is 5.90. The number of rotatable bonds is 4. The number of amides is 1. The average molecular weight is 287 g/mol. The number of hydrogen-bond donors (Lipinski definition) is 1. The molecule has 0 spiro atoms. The van der Waals surface area contributed by atoms with Gasteiger partial charge in [0, 0.05) is 37.6 Å². The lowest BCUT2D eigenvalue weighted by molar-refractivity contribution is -0.122. The monoisotopic (exact) mass is 287 g/mol. The maximum Gasteiger partial charge on any atom is 0.241 e. The molecule has 2 aromatic heterocycles. The second-order valence-electron chi connectivity index (χ2n) is 5.78. The first-order valence-electron chi connectivity index (χ1n) is 7.39. The van der Waals surface area contributed by atoms with E-state index in [2.05, 4.69) is 20.0 Å². The summed E-state index contributed by atoms with van der Waals surface area (Å²) in [4.78, 5) is 16.4. The topological polar surface area (TPSA) is 64.7 Å². The highest BCUT2D eigenvalue weighted by Gasteiger charge is 2.19. The Morgan fingerprint density at radius 1 is 1.48 bits per heavy atom. The molecular weight excluding hydrogens is 266 g/mol. The summed E-state index contributed by atoms with van der Waals surface area (Å²) in [5.74, 6) is 1.62. The predicted octanol–water partition coefficient (Wildman–Crippen LogP) is 1.08. The van der Waals surface area contributed by atoms with Gasteiger partial charge in [0.2, 0.25) is 5.91 Å². The highest BCUT2D eigenvalue weighted by molar-refractivity contribution is 5.75. The summed E-state index contributed by atoms with van der Waals surface area (Å²) < 4.78 is 3.94. The summed E-state index contributed by atoms with van der Waals surface area (Å²) >= 11 is 0. The molecular formula is C15H21N5O. The number of aromatic nitrogens is 4. The highest BCUT2D eigenvalue weighted by Crippen LogP contribution is 2.18. The Balaban J connectivity index is 1.49. The smallest absolute Gasteiger partial charge is 0.241 e. The van der Waals surface area contributed by atoms with Crippen molar-refractivity contribution in [1.29, 1.82) is 0 Å². The SMILES string of the molecule is Cc1cc(C)n(CC(=O)NC[C@H]2CCn3ccnc3C2)n1. The number of carbonyl (C=O) groups is 1. The van der Waals surface area contributed by atoms with Gasteiger partial charge in [-0.2, -0.15) is 5.10 Å². The van der Waals surface area contributed by atoms with Crippen LogP contribution in [-0.2, 0) is 24.3 Å². The van der Waals surface area contributed by atoms with Crippen molar-refractivity contribution < 1.29 is 4.79 Å². The Hall–Kier alpha value is -2.11. The van der Waals surface area contributed by atoms with E-state index in [1.807, 2.05) is 32.3 Å². The molecule has 2 aromatic rings. The van der Waals surface area contributed by atoms with Crippen molar-refractivity contribution in [2.24, 2.45) is 5.92 Å². The summed E-state index contributed by atoms with van der Waals surface area (Å²) in [5.41, 5.74) is 1.96. The Bertz CT molecular complexity index is 642. The van der Waals surface area contributed by atoms with E-state index >= 15 is 0 Å². The number of hydrogen-bond acceptors (Lipinski definition) is 3. The molecule has 1 N–H and O–H groups in total. The Kier molecular flexibility index (Phi) is 3.77. The summed E-state index contributed by atoms with van der Waals surface area (Å²) in [6.07, 6.45) is 5.89. The molecule has 3 heterocycles. The van der Waals surface area contributed by atoms with Crippen LogP contribution in [0.2, 0.25) is 0 Å². The van der Waals surface area contributed by atoms with Crippen LogP contribution >= 0.6 is 0 Å². The van der Waals surface area contributed by atoms with Crippen LogP contribution in [0.3, 0.4) is 0 Å². The van der Waals surface area contributed by atoms with Crippen LogP contribution in [0.4, 0.5) is 0 Å². The number of fused-ring (bicyclic) bond motifs is 1. The minimum atomic E-state index is 0.0233. The Morgan fingerprint density at radius 3 is 3.10 bits per heavy atom. The lowest BCUT2D eigenvalue weighted by Crippen LogP contribution is -2.35. The first-order valence-corrected chi connectivity index (χ1v) is 7.39. The van der Waals surface area contributed by atoms with Crippen molar-refractivity contribution in [3.63, 3.8) is 0 Å². The standard InChI is InChI=1S/C15H21N5O/c1-11-7-12(2)20(18-11)10-15(21)17-9-13-3-5-19-6-4-16-14(19)8-13/h4,6-7,13H,3,5,8-10H2,1-2H3,(H,17,21)/t13-/m0/s1. The summed E-state index contributed by atoms with van der Waals surface area (Å²) in [7, 11) is 0. The van der Waals surface area contributed by atoms with Crippen LogP contribution in [0, 0.1) is 19.8 Å². The molecule has 0 saturated carbocycles. The molecule has 0 aromatic carbocycles. The fourth-order valence-electron chi connectivity index (χ4n) is 2.87. The molecule has 0 bridgehead atoms. The fraction of sp³-hybridized carbons (Fsp3) is 0.533. The maximum atomic E-state index is 12.0. The molecule has 6 nitrogen and oxygen atoms in total. The molecule has 1 amide bonds. The molecule has 0 saturated heterocycles. The number of aryl methyl sites for hydroxylation is 3. The first-order chi connectivity index (χ1) is 10.1. The third-order valence-electron chi connectivity index (χ3n) is 4.04. The second-order valence-corrected chi connectivity index (χ2v) is 5.78. The van der Waals surface area contributed by atoms with E-state index in [9.17, 15) is 4.79 Å². The van der Waals surface area contributed by atoms with Gasteiger partial charge in [-0.05, 0) is 32.3 Å². The van der Waals surface area contributed by atoms with Crippen molar-refractivity contribution in [3.8, 4) is 0 Å². The van der Waals surface area contributed by atoms with Gasteiger partial charge < -0.3 is 9.88 Å². The molecule has 21 heavy (non-hydrogen) atoms. The minimum Gasteiger partial charge on any atom is -0.354 e. The average Bonchev–Trinajstić information content (AvgIpc) is 3.02. The molecule has 0 radical (unpaired) electrons. The molecule has 0 aliphatic carbocycles. The van der Waals surface area contributed by atoms with Gasteiger partial charge in [-0.3, -0.25) is 9.48 Å². The van der Waals surface area contributed by atoms with E-state index in [4.69, 9.17) is 0 Å². The molecule has 1 aliphatic heterocycles. The van der Waals surface area contributed by atoms with E-state index in [0.717, 1.165) is 36.6 Å². The number of carbonyl (C=O) groups excluding carboxylic acids is 1. The molecule has 112 valence electrons. The zero-order valence-electron chi connectivity index (χ0n) is 12.5. The van der Waals surface area contributed by atoms with Gasteiger partial charge >= 0.3 is 0 Å². The lowest BCUT2D eigenvalue weighted by atomic mass is 9.98. The number of nitrogens with zero attached hydrogens (tertiary/aromatic N) is 4. The van der Waals surface area contributed by atoms with E-state index in [1.165, 1.54) is 0 Å². The summed E-state index contributed by atoms with van der Waals surface area (Å²) in [5, 5.41) is 7.33. The van der Waals surface area contributed by atoms with Crippen LogP contribution in [0.25, 0.3) is 0 Å². The number of nitrogens with one attached hydrogen (secondary N) is 1. The van der Waals surface area contributed by atoms with Crippen LogP contribution in [0.1, 0.15) is 23.6 Å². The van der Waals surface area contributed by atoms with Gasteiger partial charge in [-0.25, -0.2) is 4.98 Å². The Morgan fingerprint density at radius 2 is 2.33 bits per heavy atom. The number of imidazole rings is 1. The minimum absolute atomic E-state index is 0.0233. The van der Waals surface area contributed by atoms with E-state index < -0.39 is 0 Å². The highest BCUT2D eigenvalue weighted by atomic mass is 16.2. The van der Waals surface area contributed by atoms with Crippen LogP contribution in [0.5, 0.6) is 0 Å². The van der Waals surface area contributed by atoms with E-state index in [1.54, 1.807) is 4.68 Å². The van der Waals surface area contributed by atoms with Crippen molar-refractivity contribution in [3.05, 3.63) is 35.7 Å². The van der Waals surface area contributed by atoms with Gasteiger partial charge in [-0.15, -0.1) is 0 Å². The third kappa shape index (κ3) is 3.15. The molecule has 1 aliphatic rings. The zero-order chi connectivity index (χ0) is 14.8. The molecule has 0 unspecified atom stereocenters. The summed E-state index contributed by atoms with van der Waals surface area (Å²) in [6, 6.07) is 1.98. The molecule has 3 rings (SSSR count). The van der Waals surface area contributed by atoms with Crippen LogP contribution < -0.4 is 5.32 Å². The van der Waals surface area contributed by atoms with Gasteiger partial charge in [0.1, 0.15) is 12.4 Å². The first kappa shape index (κ1) is 13.9. The van der Waals surface area contributed by atoms with Crippen molar-refractivity contribution in [2.75, 3.05) is 6.54 Å². The van der Waals surface area contributed by atoms with Crippen molar-refractivity contribution >= 4 is 5.91 Å². The van der Waals surface area contributed by atoms with Crippen molar-refractivity contribution in [1.82, 2.24) is 24.6 Å². The van der Waals surface area contributed by atoms with Gasteiger partial charge in [-0.1, -0.05) is 0 Å². The van der Waals surface area contributed by atoms with Crippen LogP contribution in [-0.4, -0.2) is 31.8 Å². The molecule has 0 fully saturated rings. The molecule has 6 heteroatoms. The van der Waals surface area contributed by atoms with Gasteiger partial charge in [0.15, 0.2) is 0 Å². The third-order valence-corrected chi connectivity index (χ3v) is 4.04. The largest absolute Gasteiger partial charge is 0.354 e. The zero-order valence-corrected chi connectivity index (χ0v) is 12.5. The van der Waals surface area contributed by atoms with E-state index in [-0.39, 0.29) is 5.91 Å². The fourth-order valence-corrected chi connectivity index (χ4v) is 2.87. The maximum absolute atomic E-state index is 12.0. The quantitative estimate of drug-likeness (QED) is 0.915.